The zero-order chi connectivity index (χ0) is 21.4. The lowest BCUT2D eigenvalue weighted by Gasteiger charge is -2.32. The second-order valence-corrected chi connectivity index (χ2v) is 8.46. The number of anilines is 1. The zero-order valence-electron chi connectivity index (χ0n) is 18.3. The van der Waals surface area contributed by atoms with Crippen LogP contribution in [-0.2, 0) is 4.79 Å². The molecule has 154 valence electrons. The molecule has 0 saturated carbocycles. The topological polar surface area (TPSA) is 49.3 Å². The van der Waals surface area contributed by atoms with Crippen LogP contribution in [-0.4, -0.2) is 11.0 Å². The van der Waals surface area contributed by atoms with Gasteiger partial charge in [-0.15, -0.1) is 0 Å². The summed E-state index contributed by atoms with van der Waals surface area (Å²) in [6.45, 7) is 10.9. The van der Waals surface area contributed by atoms with Crippen LogP contribution in [0.1, 0.15) is 53.9 Å². The Morgan fingerprint density at radius 3 is 2.45 bits per heavy atom. The van der Waals surface area contributed by atoms with E-state index < -0.39 is 0 Å². The molecule has 3 nitrogen and oxygen atoms in total. The van der Waals surface area contributed by atoms with E-state index in [0.29, 0.717) is 5.69 Å². The van der Waals surface area contributed by atoms with Gasteiger partial charge in [0.1, 0.15) is 5.75 Å². The van der Waals surface area contributed by atoms with Gasteiger partial charge in [-0.25, -0.2) is 0 Å². The summed E-state index contributed by atoms with van der Waals surface area (Å²) in [6, 6.07) is 6.41. The fraction of sp³-hybridized carbons (Fsp3) is 0.346. The summed E-state index contributed by atoms with van der Waals surface area (Å²) >= 11 is 0. The number of phenols is 1. The highest BCUT2D eigenvalue weighted by molar-refractivity contribution is 5.99. The maximum absolute atomic E-state index is 12.1. The molecule has 3 heteroatoms. The van der Waals surface area contributed by atoms with Gasteiger partial charge in [-0.1, -0.05) is 55.4 Å². The first-order valence-corrected chi connectivity index (χ1v) is 10.2. The van der Waals surface area contributed by atoms with Gasteiger partial charge in [-0.05, 0) is 80.9 Å². The van der Waals surface area contributed by atoms with E-state index in [0.717, 1.165) is 5.57 Å². The molecular weight excluding hydrogens is 358 g/mol. The Hall–Kier alpha value is -2.81. The van der Waals surface area contributed by atoms with Crippen LogP contribution in [0.25, 0.3) is 0 Å². The molecule has 0 unspecified atom stereocenters. The third-order valence-electron chi connectivity index (χ3n) is 5.27. The molecule has 1 amide bonds. The van der Waals surface area contributed by atoms with E-state index >= 15 is 0 Å². The quantitative estimate of drug-likeness (QED) is 0.316. The largest absolute Gasteiger partial charge is 0.508 e. The minimum absolute atomic E-state index is 0.173. The molecule has 0 saturated heterocycles. The summed E-state index contributed by atoms with van der Waals surface area (Å²) in [7, 11) is 0. The van der Waals surface area contributed by atoms with Crippen LogP contribution in [0.3, 0.4) is 0 Å². The molecule has 0 radical (unpaired) electrons. The van der Waals surface area contributed by atoms with Gasteiger partial charge in [0.2, 0.25) is 5.91 Å². The molecule has 29 heavy (non-hydrogen) atoms. The summed E-state index contributed by atoms with van der Waals surface area (Å²) in [5.74, 6) is -0.0206. The first-order valence-electron chi connectivity index (χ1n) is 10.2. The average Bonchev–Trinajstić information content (AvgIpc) is 2.62. The smallest absolute Gasteiger partial charge is 0.248 e. The van der Waals surface area contributed by atoms with Crippen LogP contribution in [0.2, 0.25) is 0 Å². The van der Waals surface area contributed by atoms with Gasteiger partial charge >= 0.3 is 0 Å². The van der Waals surface area contributed by atoms with Gasteiger partial charge in [0.05, 0.1) is 0 Å². The van der Waals surface area contributed by atoms with Gasteiger partial charge in [0, 0.05) is 11.8 Å². The molecule has 0 spiro atoms. The number of carbonyl (C=O) groups excluding carboxylic acids is 1. The van der Waals surface area contributed by atoms with E-state index in [2.05, 4.69) is 51.2 Å². The molecule has 2 N–H and O–H groups in total. The summed E-state index contributed by atoms with van der Waals surface area (Å²) < 4.78 is 0. The zero-order valence-corrected chi connectivity index (χ0v) is 18.3. The van der Waals surface area contributed by atoms with E-state index in [-0.39, 0.29) is 17.1 Å². The number of amides is 1. The van der Waals surface area contributed by atoms with E-state index in [4.69, 9.17) is 0 Å². The predicted octanol–water partition coefficient (Wildman–Crippen LogP) is 6.86. The van der Waals surface area contributed by atoms with Crippen molar-refractivity contribution in [1.82, 2.24) is 0 Å². The lowest BCUT2D eigenvalue weighted by atomic mass is 9.72. The standard InChI is InChI=1S/C26H33NO2/c1-19(11-16-24-21(3)10-7-17-26(24,4)5)8-6-9-20(2)18-25(29)27-22-12-14-23(28)15-13-22/h6,8-9,11-16,18,28H,7,10,17H2,1-5H3,(H,27,29)/b9-6-,16-11?,19-8?,20-18?. The van der Waals surface area contributed by atoms with Crippen LogP contribution in [0, 0.1) is 5.41 Å². The number of hydrogen-bond acceptors (Lipinski definition) is 2. The van der Waals surface area contributed by atoms with Crippen molar-refractivity contribution in [3.05, 3.63) is 83.0 Å². The van der Waals surface area contributed by atoms with Gasteiger partial charge < -0.3 is 10.4 Å². The van der Waals surface area contributed by atoms with Crippen molar-refractivity contribution in [3.63, 3.8) is 0 Å². The number of aromatic hydroxyl groups is 1. The molecule has 0 aromatic heterocycles. The maximum Gasteiger partial charge on any atom is 0.248 e. The lowest BCUT2D eigenvalue weighted by molar-refractivity contribution is -0.111. The van der Waals surface area contributed by atoms with Crippen molar-refractivity contribution in [1.29, 1.82) is 0 Å². The molecule has 2 rings (SSSR count). The van der Waals surface area contributed by atoms with E-state index in [9.17, 15) is 9.90 Å². The number of nitrogens with one attached hydrogen (secondary N) is 1. The molecule has 0 atom stereocenters. The van der Waals surface area contributed by atoms with Crippen molar-refractivity contribution in [2.75, 3.05) is 5.32 Å². The number of benzene rings is 1. The molecule has 0 bridgehead atoms. The third kappa shape index (κ3) is 7.26. The fourth-order valence-corrected chi connectivity index (χ4v) is 3.61. The van der Waals surface area contributed by atoms with Crippen LogP contribution in [0.4, 0.5) is 5.69 Å². The summed E-state index contributed by atoms with van der Waals surface area (Å²) in [5.41, 5.74) is 5.89. The Labute approximate surface area is 175 Å². The Bertz CT molecular complexity index is 878. The SMILES string of the molecule is CC(C=CC1=C(C)CCCC1(C)C)=C/C=C\C(C)=CC(=O)Nc1ccc(O)cc1. The second-order valence-electron chi connectivity index (χ2n) is 8.46. The molecule has 1 aromatic carbocycles. The summed E-state index contributed by atoms with van der Waals surface area (Å²) in [5, 5.41) is 12.1. The molecule has 0 aliphatic heterocycles. The molecule has 1 aromatic rings. The molecule has 0 fully saturated rings. The maximum atomic E-state index is 12.1. The number of carbonyl (C=O) groups is 1. The molecule has 0 heterocycles. The van der Waals surface area contributed by atoms with Crippen molar-refractivity contribution in [3.8, 4) is 5.75 Å². The number of rotatable bonds is 6. The average molecular weight is 392 g/mol. The monoisotopic (exact) mass is 391 g/mol. The van der Waals surface area contributed by atoms with Gasteiger partial charge in [-0.2, -0.15) is 0 Å². The highest BCUT2D eigenvalue weighted by atomic mass is 16.3. The van der Waals surface area contributed by atoms with Crippen molar-refractivity contribution in [2.45, 2.75) is 53.9 Å². The molecular formula is C26H33NO2. The minimum Gasteiger partial charge on any atom is -0.508 e. The van der Waals surface area contributed by atoms with Crippen LogP contribution in [0.5, 0.6) is 5.75 Å². The third-order valence-corrected chi connectivity index (χ3v) is 5.27. The van der Waals surface area contributed by atoms with E-state index in [1.165, 1.54) is 36.0 Å². The Morgan fingerprint density at radius 2 is 1.79 bits per heavy atom. The van der Waals surface area contributed by atoms with Gasteiger partial charge in [0.25, 0.3) is 0 Å². The van der Waals surface area contributed by atoms with Gasteiger partial charge in [0.15, 0.2) is 0 Å². The molecule has 1 aliphatic rings. The van der Waals surface area contributed by atoms with Crippen LogP contribution in [0.15, 0.2) is 83.0 Å². The lowest BCUT2D eigenvalue weighted by Crippen LogP contribution is -2.19. The van der Waals surface area contributed by atoms with Gasteiger partial charge in [-0.3, -0.25) is 4.79 Å². The summed E-state index contributed by atoms with van der Waals surface area (Å²) in [6.07, 6.45) is 15.6. The van der Waals surface area contributed by atoms with Crippen molar-refractivity contribution < 1.29 is 9.90 Å². The molecule has 1 aliphatic carbocycles. The first-order chi connectivity index (χ1) is 13.7. The summed E-state index contributed by atoms with van der Waals surface area (Å²) in [4.78, 5) is 12.1. The Balaban J connectivity index is 1.95. The first kappa shape index (κ1) is 22.5. The van der Waals surface area contributed by atoms with E-state index in [1.54, 1.807) is 30.3 Å². The fourth-order valence-electron chi connectivity index (χ4n) is 3.61. The number of allylic oxidation sites excluding steroid dienone is 9. The Kier molecular flexibility index (Phi) is 7.83. The van der Waals surface area contributed by atoms with E-state index in [1.807, 2.05) is 19.1 Å². The van der Waals surface area contributed by atoms with Crippen molar-refractivity contribution in [2.24, 2.45) is 5.41 Å². The predicted molar refractivity (Wildman–Crippen MR) is 123 cm³/mol. The highest BCUT2D eigenvalue weighted by Gasteiger charge is 2.26. The minimum atomic E-state index is -0.194. The van der Waals surface area contributed by atoms with Crippen LogP contribution < -0.4 is 5.32 Å². The van der Waals surface area contributed by atoms with Crippen molar-refractivity contribution >= 4 is 11.6 Å². The number of hydrogen-bond donors (Lipinski definition) is 2. The van der Waals surface area contributed by atoms with Crippen LogP contribution >= 0.6 is 0 Å². The number of phenolic OH excluding ortho intramolecular Hbond substituents is 1. The second kappa shape index (κ2) is 10.1. The highest BCUT2D eigenvalue weighted by Crippen LogP contribution is 2.40. The normalized spacial score (nSPS) is 18.0. The Morgan fingerprint density at radius 1 is 1.10 bits per heavy atom.